The Bertz CT molecular complexity index is 1010. The zero-order chi connectivity index (χ0) is 20.1. The molecule has 4 rings (SSSR count). The molecule has 0 bridgehead atoms. The van der Waals surface area contributed by atoms with E-state index in [4.69, 9.17) is 0 Å². The number of alkyl halides is 3. The Balaban J connectivity index is 1.82. The lowest BCUT2D eigenvalue weighted by atomic mass is 10.1. The van der Waals surface area contributed by atoms with Gasteiger partial charge in [0, 0.05) is 24.1 Å². The van der Waals surface area contributed by atoms with E-state index in [1.807, 2.05) is 12.1 Å². The third-order valence-electron chi connectivity index (χ3n) is 4.99. The predicted octanol–water partition coefficient (Wildman–Crippen LogP) is 3.46. The number of hydrogen-bond acceptors (Lipinski definition) is 4. The van der Waals surface area contributed by atoms with Crippen molar-refractivity contribution in [3.63, 3.8) is 0 Å². The van der Waals surface area contributed by atoms with E-state index in [9.17, 15) is 21.6 Å². The standard InChI is InChI=1S/C18H17BrF3N3O2S/c19-13-4-5-16-17(9-13)25(11-14-10-23-6-7-24(14)16)28(26,27)15-3-1-2-12(8-15)18(20,21)22/h1-5,8-9,14,23H,6-7,10-11H2/t14-/m0/s1. The minimum Gasteiger partial charge on any atom is -0.362 e. The highest BCUT2D eigenvalue weighted by atomic mass is 79.9. The van der Waals surface area contributed by atoms with Crippen LogP contribution in [0.4, 0.5) is 24.5 Å². The minimum absolute atomic E-state index is 0.0944. The van der Waals surface area contributed by atoms with Crippen LogP contribution in [-0.2, 0) is 16.2 Å². The van der Waals surface area contributed by atoms with Crippen molar-refractivity contribution in [2.45, 2.75) is 17.1 Å². The summed E-state index contributed by atoms with van der Waals surface area (Å²) >= 11 is 3.37. The summed E-state index contributed by atoms with van der Waals surface area (Å²) < 4.78 is 67.8. The number of anilines is 2. The largest absolute Gasteiger partial charge is 0.416 e. The van der Waals surface area contributed by atoms with Crippen LogP contribution >= 0.6 is 15.9 Å². The quantitative estimate of drug-likeness (QED) is 0.722. The van der Waals surface area contributed by atoms with Crippen LogP contribution in [0.1, 0.15) is 5.56 Å². The lowest BCUT2D eigenvalue weighted by Crippen LogP contribution is -2.59. The first-order valence-corrected chi connectivity index (χ1v) is 10.9. The van der Waals surface area contributed by atoms with Crippen molar-refractivity contribution in [3.8, 4) is 0 Å². The maximum Gasteiger partial charge on any atom is 0.416 e. The molecule has 2 aliphatic rings. The maximum atomic E-state index is 13.3. The predicted molar refractivity (Wildman–Crippen MR) is 104 cm³/mol. The molecule has 2 aromatic carbocycles. The van der Waals surface area contributed by atoms with E-state index in [2.05, 4.69) is 26.1 Å². The Labute approximate surface area is 169 Å². The molecule has 0 amide bonds. The summed E-state index contributed by atoms with van der Waals surface area (Å²) in [6.45, 7) is 2.28. The number of nitrogens with zero attached hydrogens (tertiary/aromatic N) is 2. The molecule has 150 valence electrons. The van der Waals surface area contributed by atoms with Gasteiger partial charge in [0.15, 0.2) is 0 Å². The Morgan fingerprint density at radius 3 is 2.64 bits per heavy atom. The molecule has 5 nitrogen and oxygen atoms in total. The molecule has 1 fully saturated rings. The number of hydrogen-bond donors (Lipinski definition) is 1. The van der Waals surface area contributed by atoms with Gasteiger partial charge in [-0.05, 0) is 36.4 Å². The molecule has 0 aliphatic carbocycles. The van der Waals surface area contributed by atoms with Crippen LogP contribution in [0.5, 0.6) is 0 Å². The first kappa shape index (κ1) is 19.5. The van der Waals surface area contributed by atoms with Gasteiger partial charge in [0.25, 0.3) is 10.0 Å². The molecule has 0 spiro atoms. The fraction of sp³-hybridized carbons (Fsp3) is 0.333. The molecule has 0 aromatic heterocycles. The van der Waals surface area contributed by atoms with Crippen molar-refractivity contribution in [1.29, 1.82) is 0 Å². The average Bonchev–Trinajstić information content (AvgIpc) is 2.66. The molecule has 2 aliphatic heterocycles. The second-order valence-electron chi connectivity index (χ2n) is 6.75. The first-order valence-electron chi connectivity index (χ1n) is 8.65. The van der Waals surface area contributed by atoms with Crippen LogP contribution in [0.25, 0.3) is 0 Å². The van der Waals surface area contributed by atoms with E-state index in [0.717, 1.165) is 30.9 Å². The number of nitrogens with one attached hydrogen (secondary N) is 1. The third kappa shape index (κ3) is 3.37. The van der Waals surface area contributed by atoms with Crippen LogP contribution < -0.4 is 14.5 Å². The second kappa shape index (κ2) is 6.93. The molecule has 10 heteroatoms. The van der Waals surface area contributed by atoms with Crippen molar-refractivity contribution in [1.82, 2.24) is 5.32 Å². The van der Waals surface area contributed by atoms with Gasteiger partial charge in [-0.3, -0.25) is 4.31 Å². The van der Waals surface area contributed by atoms with Crippen LogP contribution in [-0.4, -0.2) is 40.6 Å². The topological polar surface area (TPSA) is 52.7 Å². The van der Waals surface area contributed by atoms with Gasteiger partial charge in [-0.2, -0.15) is 13.2 Å². The summed E-state index contributed by atoms with van der Waals surface area (Å²) in [7, 11) is -4.17. The number of benzene rings is 2. The number of rotatable bonds is 2. The van der Waals surface area contributed by atoms with Gasteiger partial charge < -0.3 is 10.2 Å². The van der Waals surface area contributed by atoms with Crippen molar-refractivity contribution < 1.29 is 21.6 Å². The van der Waals surface area contributed by atoms with E-state index in [0.29, 0.717) is 22.8 Å². The molecule has 2 heterocycles. The van der Waals surface area contributed by atoms with Crippen molar-refractivity contribution in [2.24, 2.45) is 0 Å². The van der Waals surface area contributed by atoms with E-state index < -0.39 is 21.8 Å². The van der Waals surface area contributed by atoms with Crippen LogP contribution in [0.2, 0.25) is 0 Å². The second-order valence-corrected chi connectivity index (χ2v) is 9.52. The molecule has 0 unspecified atom stereocenters. The lowest BCUT2D eigenvalue weighted by molar-refractivity contribution is -0.137. The van der Waals surface area contributed by atoms with Crippen LogP contribution in [0.3, 0.4) is 0 Å². The van der Waals surface area contributed by atoms with Crippen LogP contribution in [0, 0.1) is 0 Å². The summed E-state index contributed by atoms with van der Waals surface area (Å²) in [4.78, 5) is 1.78. The van der Waals surface area contributed by atoms with E-state index >= 15 is 0 Å². The Morgan fingerprint density at radius 1 is 1.11 bits per heavy atom. The molecule has 1 atom stereocenters. The average molecular weight is 476 g/mol. The molecule has 0 saturated carbocycles. The van der Waals surface area contributed by atoms with Crippen molar-refractivity contribution in [2.75, 3.05) is 35.4 Å². The number of halogens is 4. The maximum absolute atomic E-state index is 13.3. The lowest BCUT2D eigenvalue weighted by Gasteiger charge is -2.46. The van der Waals surface area contributed by atoms with E-state index in [1.54, 1.807) is 6.07 Å². The Hall–Kier alpha value is -1.78. The third-order valence-corrected chi connectivity index (χ3v) is 7.26. The highest BCUT2D eigenvalue weighted by molar-refractivity contribution is 9.10. The summed E-state index contributed by atoms with van der Waals surface area (Å²) in [5.74, 6) is 0. The summed E-state index contributed by atoms with van der Waals surface area (Å²) in [5.41, 5.74) is 0.238. The highest BCUT2D eigenvalue weighted by Gasteiger charge is 2.39. The SMILES string of the molecule is O=S(=O)(c1cccc(C(F)(F)F)c1)N1C[C@@H]2CNCCN2c2ccc(Br)cc21. The zero-order valence-corrected chi connectivity index (χ0v) is 17.0. The van der Waals surface area contributed by atoms with Crippen molar-refractivity contribution in [3.05, 3.63) is 52.5 Å². The number of piperazine rings is 1. The molecule has 0 radical (unpaired) electrons. The van der Waals surface area contributed by atoms with Gasteiger partial charge in [-0.1, -0.05) is 22.0 Å². The van der Waals surface area contributed by atoms with Gasteiger partial charge in [0.1, 0.15) is 0 Å². The number of sulfonamides is 1. The monoisotopic (exact) mass is 475 g/mol. The fourth-order valence-corrected chi connectivity index (χ4v) is 5.56. The summed E-state index contributed by atoms with van der Waals surface area (Å²) in [6, 6.07) is 9.15. The normalized spacial score (nSPS) is 19.9. The fourth-order valence-electron chi connectivity index (χ4n) is 3.66. The zero-order valence-electron chi connectivity index (χ0n) is 14.6. The molecule has 2 aromatic rings. The molecular weight excluding hydrogens is 459 g/mol. The summed E-state index contributed by atoms with van der Waals surface area (Å²) in [6.07, 6.45) is -4.61. The van der Waals surface area contributed by atoms with Gasteiger partial charge >= 0.3 is 6.18 Å². The Morgan fingerprint density at radius 2 is 1.89 bits per heavy atom. The van der Waals surface area contributed by atoms with Gasteiger partial charge in [0.05, 0.1) is 34.4 Å². The molecular formula is C18H17BrF3N3O2S. The minimum atomic E-state index is -4.61. The van der Waals surface area contributed by atoms with Crippen molar-refractivity contribution >= 4 is 37.3 Å². The molecule has 1 saturated heterocycles. The first-order chi connectivity index (χ1) is 13.2. The molecule has 28 heavy (non-hydrogen) atoms. The van der Waals surface area contributed by atoms with Gasteiger partial charge in [0.2, 0.25) is 0 Å². The summed E-state index contributed by atoms with van der Waals surface area (Å²) in [5, 5.41) is 3.25. The molecule has 1 N–H and O–H groups in total. The highest BCUT2D eigenvalue weighted by Crippen LogP contribution is 2.41. The van der Waals surface area contributed by atoms with Crippen LogP contribution in [0.15, 0.2) is 51.8 Å². The smallest absolute Gasteiger partial charge is 0.362 e. The Kier molecular flexibility index (Phi) is 4.83. The van der Waals surface area contributed by atoms with Gasteiger partial charge in [-0.25, -0.2) is 8.42 Å². The van der Waals surface area contributed by atoms with E-state index in [1.165, 1.54) is 10.4 Å². The van der Waals surface area contributed by atoms with E-state index in [-0.39, 0.29) is 17.5 Å². The number of fused-ring (bicyclic) bond motifs is 3. The van der Waals surface area contributed by atoms with Gasteiger partial charge in [-0.15, -0.1) is 0 Å².